The summed E-state index contributed by atoms with van der Waals surface area (Å²) in [6.07, 6.45) is 0.963. The van der Waals surface area contributed by atoms with Gasteiger partial charge >= 0.3 is 0 Å². The van der Waals surface area contributed by atoms with E-state index < -0.39 is 0 Å². The van der Waals surface area contributed by atoms with E-state index in [4.69, 9.17) is 23.2 Å². The normalized spacial score (nSPS) is 10.8. The van der Waals surface area contributed by atoms with E-state index >= 15 is 0 Å². The second-order valence-corrected chi connectivity index (χ2v) is 4.44. The minimum atomic E-state index is 0.558. The van der Waals surface area contributed by atoms with E-state index in [2.05, 4.69) is 18.1 Å². The highest BCUT2D eigenvalue weighted by molar-refractivity contribution is 6.42. The summed E-state index contributed by atoms with van der Waals surface area (Å²) in [5.41, 5.74) is 3.11. The average Bonchev–Trinajstić information content (AvgIpc) is 2.64. The van der Waals surface area contributed by atoms with Gasteiger partial charge in [-0.15, -0.1) is 0 Å². The lowest BCUT2D eigenvalue weighted by Gasteiger charge is -1.99. The summed E-state index contributed by atoms with van der Waals surface area (Å²) in [6, 6.07) is 7.63. The van der Waals surface area contributed by atoms with Gasteiger partial charge in [-0.3, -0.25) is 4.68 Å². The van der Waals surface area contributed by atoms with Crippen LogP contribution in [0.15, 0.2) is 24.3 Å². The van der Waals surface area contributed by atoms with E-state index in [1.165, 1.54) is 5.69 Å². The van der Waals surface area contributed by atoms with Gasteiger partial charge in [-0.2, -0.15) is 5.10 Å². The van der Waals surface area contributed by atoms with Gasteiger partial charge in [0.1, 0.15) is 0 Å². The number of nitrogens with zero attached hydrogens (tertiary/aromatic N) is 2. The highest BCUT2D eigenvalue weighted by Crippen LogP contribution is 2.28. The topological polar surface area (TPSA) is 17.8 Å². The second-order valence-electron chi connectivity index (χ2n) is 3.63. The van der Waals surface area contributed by atoms with Crippen LogP contribution in [0.3, 0.4) is 0 Å². The SMILES string of the molecule is CCc1cc(-c2ccc(Cl)c(Cl)c2)nn1C. The molecule has 0 saturated heterocycles. The Morgan fingerprint density at radius 3 is 2.50 bits per heavy atom. The van der Waals surface area contributed by atoms with Crippen molar-refractivity contribution < 1.29 is 0 Å². The van der Waals surface area contributed by atoms with Crippen LogP contribution in [0.5, 0.6) is 0 Å². The molecule has 0 aliphatic carbocycles. The number of benzene rings is 1. The highest BCUT2D eigenvalue weighted by Gasteiger charge is 2.07. The third-order valence-electron chi connectivity index (χ3n) is 2.55. The molecule has 1 aromatic carbocycles. The predicted octanol–water partition coefficient (Wildman–Crippen LogP) is 3.96. The summed E-state index contributed by atoms with van der Waals surface area (Å²) in [6.45, 7) is 2.11. The summed E-state index contributed by atoms with van der Waals surface area (Å²) in [7, 11) is 1.94. The summed E-state index contributed by atoms with van der Waals surface area (Å²) in [4.78, 5) is 0. The Labute approximate surface area is 105 Å². The van der Waals surface area contributed by atoms with Crippen molar-refractivity contribution in [3.8, 4) is 11.3 Å². The molecule has 0 bridgehead atoms. The van der Waals surface area contributed by atoms with Crippen molar-refractivity contribution in [1.29, 1.82) is 0 Å². The van der Waals surface area contributed by atoms with Crippen LogP contribution in [0.25, 0.3) is 11.3 Å². The van der Waals surface area contributed by atoms with Crippen molar-refractivity contribution in [2.24, 2.45) is 7.05 Å². The van der Waals surface area contributed by atoms with Crippen molar-refractivity contribution in [1.82, 2.24) is 9.78 Å². The van der Waals surface area contributed by atoms with Crippen molar-refractivity contribution in [3.05, 3.63) is 40.0 Å². The Balaban J connectivity index is 2.46. The van der Waals surface area contributed by atoms with Gasteiger partial charge in [0.15, 0.2) is 0 Å². The maximum absolute atomic E-state index is 5.98. The van der Waals surface area contributed by atoms with Gasteiger partial charge in [-0.05, 0) is 24.6 Å². The van der Waals surface area contributed by atoms with Crippen LogP contribution in [0, 0.1) is 0 Å². The fourth-order valence-electron chi connectivity index (χ4n) is 1.63. The molecule has 1 heterocycles. The van der Waals surface area contributed by atoms with E-state index in [-0.39, 0.29) is 0 Å². The molecule has 0 saturated carbocycles. The summed E-state index contributed by atoms with van der Waals surface area (Å²) in [5, 5.41) is 5.56. The molecule has 0 aliphatic rings. The first-order chi connectivity index (χ1) is 7.61. The number of halogens is 2. The summed E-state index contributed by atoms with van der Waals surface area (Å²) >= 11 is 11.9. The van der Waals surface area contributed by atoms with Gasteiger partial charge in [0.05, 0.1) is 15.7 Å². The summed E-state index contributed by atoms with van der Waals surface area (Å²) < 4.78 is 1.89. The quantitative estimate of drug-likeness (QED) is 0.794. The first-order valence-electron chi connectivity index (χ1n) is 5.10. The number of aryl methyl sites for hydroxylation is 2. The number of hydrogen-bond donors (Lipinski definition) is 0. The lowest BCUT2D eigenvalue weighted by molar-refractivity contribution is 0.720. The Kier molecular flexibility index (Phi) is 3.22. The van der Waals surface area contributed by atoms with Crippen LogP contribution in [-0.2, 0) is 13.5 Å². The molecule has 0 unspecified atom stereocenters. The smallest absolute Gasteiger partial charge is 0.0926 e. The molecule has 84 valence electrons. The van der Waals surface area contributed by atoms with Crippen LogP contribution in [-0.4, -0.2) is 9.78 Å². The summed E-state index contributed by atoms with van der Waals surface area (Å²) in [5.74, 6) is 0. The molecule has 1 aromatic heterocycles. The standard InChI is InChI=1S/C12H12Cl2N2/c1-3-9-7-12(15-16(9)2)8-4-5-10(13)11(14)6-8/h4-7H,3H2,1-2H3. The lowest BCUT2D eigenvalue weighted by atomic mass is 10.1. The van der Waals surface area contributed by atoms with Crippen molar-refractivity contribution >= 4 is 23.2 Å². The second kappa shape index (κ2) is 4.48. The average molecular weight is 255 g/mol. The molecule has 2 rings (SSSR count). The minimum Gasteiger partial charge on any atom is -0.272 e. The van der Waals surface area contributed by atoms with E-state index in [0.29, 0.717) is 10.0 Å². The van der Waals surface area contributed by atoms with Gasteiger partial charge in [0, 0.05) is 18.3 Å². The fraction of sp³-hybridized carbons (Fsp3) is 0.250. The largest absolute Gasteiger partial charge is 0.272 e. The van der Waals surface area contributed by atoms with Crippen LogP contribution >= 0.6 is 23.2 Å². The molecule has 0 aliphatic heterocycles. The molecule has 4 heteroatoms. The van der Waals surface area contributed by atoms with E-state index in [9.17, 15) is 0 Å². The van der Waals surface area contributed by atoms with Gasteiger partial charge in [0.2, 0.25) is 0 Å². The predicted molar refractivity (Wildman–Crippen MR) is 68.0 cm³/mol. The molecule has 16 heavy (non-hydrogen) atoms. The van der Waals surface area contributed by atoms with Crippen LogP contribution in [0.1, 0.15) is 12.6 Å². The Morgan fingerprint density at radius 1 is 1.19 bits per heavy atom. The first-order valence-corrected chi connectivity index (χ1v) is 5.85. The van der Waals surface area contributed by atoms with Crippen LogP contribution < -0.4 is 0 Å². The number of rotatable bonds is 2. The van der Waals surface area contributed by atoms with Crippen LogP contribution in [0.4, 0.5) is 0 Å². The minimum absolute atomic E-state index is 0.558. The van der Waals surface area contributed by atoms with E-state index in [1.54, 1.807) is 6.07 Å². The van der Waals surface area contributed by atoms with Gasteiger partial charge in [0.25, 0.3) is 0 Å². The Bertz CT molecular complexity index is 518. The molecule has 0 N–H and O–H groups in total. The zero-order valence-corrected chi connectivity index (χ0v) is 10.7. The van der Waals surface area contributed by atoms with Crippen molar-refractivity contribution in [2.75, 3.05) is 0 Å². The first kappa shape index (κ1) is 11.5. The zero-order chi connectivity index (χ0) is 11.7. The fourth-order valence-corrected chi connectivity index (χ4v) is 1.93. The third-order valence-corrected chi connectivity index (χ3v) is 3.29. The van der Waals surface area contributed by atoms with Gasteiger partial charge < -0.3 is 0 Å². The maximum atomic E-state index is 5.98. The molecular weight excluding hydrogens is 243 g/mol. The van der Waals surface area contributed by atoms with Crippen molar-refractivity contribution in [3.63, 3.8) is 0 Å². The van der Waals surface area contributed by atoms with Gasteiger partial charge in [-0.25, -0.2) is 0 Å². The molecule has 2 aromatic rings. The van der Waals surface area contributed by atoms with Gasteiger partial charge in [-0.1, -0.05) is 36.2 Å². The monoisotopic (exact) mass is 254 g/mol. The highest BCUT2D eigenvalue weighted by atomic mass is 35.5. The van der Waals surface area contributed by atoms with E-state index in [0.717, 1.165) is 17.7 Å². The Hall–Kier alpha value is -0.990. The van der Waals surface area contributed by atoms with E-state index in [1.807, 2.05) is 23.9 Å². The zero-order valence-electron chi connectivity index (χ0n) is 9.17. The lowest BCUT2D eigenvalue weighted by Crippen LogP contribution is -1.95. The maximum Gasteiger partial charge on any atom is 0.0926 e. The number of aromatic nitrogens is 2. The molecule has 0 amide bonds. The Morgan fingerprint density at radius 2 is 1.94 bits per heavy atom. The van der Waals surface area contributed by atoms with Crippen LogP contribution in [0.2, 0.25) is 10.0 Å². The molecular formula is C12H12Cl2N2. The molecule has 0 fully saturated rings. The third kappa shape index (κ3) is 2.08. The molecule has 2 nitrogen and oxygen atoms in total. The molecule has 0 spiro atoms. The molecule has 0 atom stereocenters. The molecule has 0 radical (unpaired) electrons. The van der Waals surface area contributed by atoms with Crippen molar-refractivity contribution in [2.45, 2.75) is 13.3 Å². The number of hydrogen-bond acceptors (Lipinski definition) is 1.